The Balaban J connectivity index is 2.79. The number of hydrogen-bond acceptors (Lipinski definition) is 3. The molecule has 0 atom stereocenters. The molecule has 19 heavy (non-hydrogen) atoms. The molecule has 1 aromatic heterocycles. The van der Waals surface area contributed by atoms with E-state index in [1.807, 2.05) is 0 Å². The largest absolute Gasteiger partial charge is 0.470 e. The number of ketones is 1. The van der Waals surface area contributed by atoms with Gasteiger partial charge in [0.15, 0.2) is 12.4 Å². The lowest BCUT2D eigenvalue weighted by molar-refractivity contribution is -0.148. The van der Waals surface area contributed by atoms with Crippen LogP contribution in [0.4, 0.5) is 17.6 Å². The predicted molar refractivity (Wildman–Crippen MR) is 60.3 cm³/mol. The molecular weight excluding hydrogens is 290 g/mol. The summed E-state index contributed by atoms with van der Waals surface area (Å²) >= 11 is 5.67. The molecule has 3 nitrogen and oxygen atoms in total. The maximum Gasteiger partial charge on any atom is 0.340 e. The summed E-state index contributed by atoms with van der Waals surface area (Å²) in [5, 5.41) is -0.190. The molecule has 1 heterocycles. The summed E-state index contributed by atoms with van der Waals surface area (Å²) in [6.45, 7) is 0.0856. The summed E-state index contributed by atoms with van der Waals surface area (Å²) < 4.78 is 53.5. The molecule has 0 bridgehead atoms. The SMILES string of the molecule is CCC(=O)c1cnc(OCC(F)(F)C(F)F)c(Cl)c1. The van der Waals surface area contributed by atoms with Crippen molar-refractivity contribution in [2.24, 2.45) is 0 Å². The number of hydrogen-bond donors (Lipinski definition) is 0. The van der Waals surface area contributed by atoms with Crippen LogP contribution in [0.3, 0.4) is 0 Å². The molecule has 0 aliphatic rings. The van der Waals surface area contributed by atoms with Crippen molar-refractivity contribution in [2.45, 2.75) is 25.7 Å². The van der Waals surface area contributed by atoms with E-state index in [-0.39, 0.29) is 22.8 Å². The van der Waals surface area contributed by atoms with Gasteiger partial charge in [-0.25, -0.2) is 13.8 Å². The molecule has 0 fully saturated rings. The van der Waals surface area contributed by atoms with Crippen LogP contribution >= 0.6 is 11.6 Å². The van der Waals surface area contributed by atoms with E-state index < -0.39 is 24.8 Å². The zero-order valence-electron chi connectivity index (χ0n) is 9.80. The first-order valence-corrected chi connectivity index (χ1v) is 5.63. The Kier molecular flexibility index (Phi) is 5.11. The molecule has 1 rings (SSSR count). The number of ether oxygens (including phenoxy) is 1. The molecule has 0 N–H and O–H groups in total. The third-order valence-corrected chi connectivity index (χ3v) is 2.44. The van der Waals surface area contributed by atoms with Crippen LogP contribution in [0.2, 0.25) is 5.02 Å². The van der Waals surface area contributed by atoms with Crippen LogP contribution in [0.25, 0.3) is 0 Å². The molecule has 0 radical (unpaired) electrons. The van der Waals surface area contributed by atoms with E-state index in [0.717, 1.165) is 6.20 Å². The quantitative estimate of drug-likeness (QED) is 0.595. The van der Waals surface area contributed by atoms with Crippen molar-refractivity contribution in [1.82, 2.24) is 4.98 Å². The normalized spacial score (nSPS) is 11.7. The number of carbonyl (C=O) groups is 1. The van der Waals surface area contributed by atoms with Gasteiger partial charge >= 0.3 is 12.3 Å². The van der Waals surface area contributed by atoms with Crippen LogP contribution in [-0.2, 0) is 0 Å². The number of carbonyl (C=O) groups excluding carboxylic acids is 1. The van der Waals surface area contributed by atoms with Gasteiger partial charge in [-0.15, -0.1) is 0 Å². The second-order valence-corrected chi connectivity index (χ2v) is 4.05. The molecule has 0 unspecified atom stereocenters. The van der Waals surface area contributed by atoms with Crippen LogP contribution in [0.15, 0.2) is 12.3 Å². The maximum absolute atomic E-state index is 12.6. The van der Waals surface area contributed by atoms with Gasteiger partial charge in [-0.2, -0.15) is 8.78 Å². The molecule has 0 saturated carbocycles. The molecule has 106 valence electrons. The Morgan fingerprint density at radius 3 is 2.63 bits per heavy atom. The van der Waals surface area contributed by atoms with E-state index in [0.29, 0.717) is 0 Å². The van der Waals surface area contributed by atoms with Gasteiger partial charge < -0.3 is 4.74 Å². The number of nitrogens with zero attached hydrogens (tertiary/aromatic N) is 1. The van der Waals surface area contributed by atoms with E-state index in [4.69, 9.17) is 11.6 Å². The fourth-order valence-electron chi connectivity index (χ4n) is 1.12. The van der Waals surface area contributed by atoms with Crippen LogP contribution in [0.5, 0.6) is 5.88 Å². The minimum absolute atomic E-state index is 0.190. The fourth-order valence-corrected chi connectivity index (χ4v) is 1.34. The number of rotatable bonds is 6. The Hall–Kier alpha value is -1.37. The maximum atomic E-state index is 12.6. The van der Waals surface area contributed by atoms with E-state index in [9.17, 15) is 22.4 Å². The van der Waals surface area contributed by atoms with Crippen LogP contribution in [-0.4, -0.2) is 29.7 Å². The summed E-state index contributed by atoms with van der Waals surface area (Å²) in [7, 11) is 0. The van der Waals surface area contributed by atoms with Gasteiger partial charge in [0, 0.05) is 18.2 Å². The first-order valence-electron chi connectivity index (χ1n) is 5.25. The molecule has 0 spiro atoms. The Morgan fingerprint density at radius 2 is 2.16 bits per heavy atom. The molecule has 0 aromatic carbocycles. The highest BCUT2D eigenvalue weighted by atomic mass is 35.5. The minimum Gasteiger partial charge on any atom is -0.470 e. The Morgan fingerprint density at radius 1 is 1.53 bits per heavy atom. The molecule has 0 amide bonds. The summed E-state index contributed by atoms with van der Waals surface area (Å²) in [5.41, 5.74) is 0.195. The van der Waals surface area contributed by atoms with Crippen LogP contribution in [0, 0.1) is 0 Å². The lowest BCUT2D eigenvalue weighted by atomic mass is 10.1. The number of pyridine rings is 1. The minimum atomic E-state index is -4.29. The lowest BCUT2D eigenvalue weighted by Crippen LogP contribution is -2.34. The van der Waals surface area contributed by atoms with Crippen molar-refractivity contribution < 1.29 is 27.1 Å². The van der Waals surface area contributed by atoms with Crippen molar-refractivity contribution in [2.75, 3.05) is 6.61 Å². The van der Waals surface area contributed by atoms with Crippen LogP contribution in [0.1, 0.15) is 23.7 Å². The topological polar surface area (TPSA) is 39.2 Å². The van der Waals surface area contributed by atoms with Gasteiger partial charge in [0.05, 0.1) is 0 Å². The van der Waals surface area contributed by atoms with Gasteiger partial charge in [-0.1, -0.05) is 18.5 Å². The smallest absolute Gasteiger partial charge is 0.340 e. The lowest BCUT2D eigenvalue weighted by Gasteiger charge is -2.16. The average Bonchev–Trinajstić information content (AvgIpc) is 2.36. The molecule has 0 saturated heterocycles. The highest BCUT2D eigenvalue weighted by Gasteiger charge is 2.42. The van der Waals surface area contributed by atoms with Gasteiger partial charge in [-0.3, -0.25) is 4.79 Å². The van der Waals surface area contributed by atoms with E-state index in [2.05, 4.69) is 9.72 Å². The van der Waals surface area contributed by atoms with Gasteiger partial charge in [0.2, 0.25) is 5.88 Å². The monoisotopic (exact) mass is 299 g/mol. The first kappa shape index (κ1) is 15.7. The second-order valence-electron chi connectivity index (χ2n) is 3.64. The van der Waals surface area contributed by atoms with Crippen molar-refractivity contribution in [1.29, 1.82) is 0 Å². The zero-order chi connectivity index (χ0) is 14.6. The summed E-state index contributed by atoms with van der Waals surface area (Å²) in [5.74, 6) is -4.95. The number of aromatic nitrogens is 1. The molecule has 1 aromatic rings. The highest BCUT2D eigenvalue weighted by molar-refractivity contribution is 6.32. The van der Waals surface area contributed by atoms with Gasteiger partial charge in [-0.05, 0) is 6.07 Å². The van der Waals surface area contributed by atoms with Crippen molar-refractivity contribution in [3.8, 4) is 5.88 Å². The van der Waals surface area contributed by atoms with E-state index in [1.165, 1.54) is 6.07 Å². The van der Waals surface area contributed by atoms with E-state index >= 15 is 0 Å². The molecule has 0 aliphatic carbocycles. The van der Waals surface area contributed by atoms with E-state index in [1.54, 1.807) is 6.92 Å². The average molecular weight is 300 g/mol. The van der Waals surface area contributed by atoms with Crippen LogP contribution < -0.4 is 4.74 Å². The number of alkyl halides is 4. The molecule has 8 heteroatoms. The number of halogens is 5. The Bertz CT molecular complexity index is 468. The fraction of sp³-hybridized carbons (Fsp3) is 0.455. The second kappa shape index (κ2) is 6.18. The van der Waals surface area contributed by atoms with Crippen molar-refractivity contribution >= 4 is 17.4 Å². The summed E-state index contributed by atoms with van der Waals surface area (Å²) in [6.07, 6.45) is -2.53. The predicted octanol–water partition coefficient (Wildman–Crippen LogP) is 3.61. The third kappa shape index (κ3) is 4.05. The molecular formula is C11H10ClF4NO2. The zero-order valence-corrected chi connectivity index (χ0v) is 10.6. The summed E-state index contributed by atoms with van der Waals surface area (Å²) in [4.78, 5) is 14.9. The Labute approximate surface area is 111 Å². The standard InChI is InChI=1S/C11H10ClF4NO2/c1-2-8(18)6-3-7(12)9(17-4-6)19-5-11(15,16)10(13)14/h3-4,10H,2,5H2,1H3. The molecule has 0 aliphatic heterocycles. The third-order valence-electron chi connectivity index (χ3n) is 2.17. The highest BCUT2D eigenvalue weighted by Crippen LogP contribution is 2.27. The van der Waals surface area contributed by atoms with Crippen molar-refractivity contribution in [3.63, 3.8) is 0 Å². The summed E-state index contributed by atoms with van der Waals surface area (Å²) in [6, 6.07) is 1.19. The van der Waals surface area contributed by atoms with Gasteiger partial charge in [0.1, 0.15) is 5.02 Å². The number of Topliss-reactive ketones (excluding diaryl/α,β-unsaturated/α-hetero) is 1. The van der Waals surface area contributed by atoms with Crippen molar-refractivity contribution in [3.05, 3.63) is 22.8 Å². The van der Waals surface area contributed by atoms with Gasteiger partial charge in [0.25, 0.3) is 0 Å². The first-order chi connectivity index (χ1) is 8.77.